The molecule has 3 aromatic rings. The van der Waals surface area contributed by atoms with Crippen molar-refractivity contribution in [1.82, 2.24) is 14.8 Å². The molecule has 1 saturated heterocycles. The lowest BCUT2D eigenvalue weighted by atomic mass is 9.95. The molecule has 3 heterocycles. The molecule has 1 unspecified atom stereocenters. The Hall–Kier alpha value is -3.75. The van der Waals surface area contributed by atoms with E-state index in [9.17, 15) is 14.0 Å². The molecular weight excluding hydrogens is 435 g/mol. The molecule has 9 heteroatoms. The zero-order valence-corrected chi connectivity index (χ0v) is 18.8. The summed E-state index contributed by atoms with van der Waals surface area (Å²) in [6.07, 6.45) is 6.94. The van der Waals surface area contributed by atoms with Gasteiger partial charge in [-0.2, -0.15) is 5.10 Å². The first-order valence-corrected chi connectivity index (χ1v) is 11.7. The second-order valence-corrected chi connectivity index (χ2v) is 8.92. The quantitative estimate of drug-likeness (QED) is 0.606. The first kappa shape index (κ1) is 22.1. The van der Waals surface area contributed by atoms with Crippen molar-refractivity contribution in [2.75, 3.05) is 23.3 Å². The molecule has 34 heavy (non-hydrogen) atoms. The summed E-state index contributed by atoms with van der Waals surface area (Å²) in [5.41, 5.74) is 9.13. The van der Waals surface area contributed by atoms with E-state index in [0.29, 0.717) is 17.9 Å². The molecule has 1 aromatic carbocycles. The van der Waals surface area contributed by atoms with Crippen LogP contribution in [0.25, 0.3) is 5.69 Å². The highest BCUT2D eigenvalue weighted by Gasteiger charge is 2.27. The van der Waals surface area contributed by atoms with Gasteiger partial charge < -0.3 is 16.0 Å². The minimum absolute atomic E-state index is 0.169. The maximum atomic E-state index is 13.4. The van der Waals surface area contributed by atoms with Gasteiger partial charge in [-0.3, -0.25) is 9.59 Å². The van der Waals surface area contributed by atoms with Crippen molar-refractivity contribution in [3.05, 3.63) is 65.4 Å². The van der Waals surface area contributed by atoms with Crippen molar-refractivity contribution >= 4 is 23.3 Å². The normalized spacial score (nSPS) is 17.8. The van der Waals surface area contributed by atoms with E-state index in [4.69, 9.17) is 5.73 Å². The third-order valence-corrected chi connectivity index (χ3v) is 6.62. The van der Waals surface area contributed by atoms with Gasteiger partial charge in [0.25, 0.3) is 5.91 Å². The van der Waals surface area contributed by atoms with Crippen LogP contribution in [0.15, 0.2) is 42.6 Å². The van der Waals surface area contributed by atoms with Crippen LogP contribution in [0, 0.1) is 11.7 Å². The van der Waals surface area contributed by atoms with Crippen LogP contribution in [-0.2, 0) is 17.6 Å². The summed E-state index contributed by atoms with van der Waals surface area (Å²) < 4.78 is 15.2. The number of nitrogens with zero attached hydrogens (tertiary/aromatic N) is 4. The molecule has 0 bridgehead atoms. The highest BCUT2D eigenvalue weighted by molar-refractivity contribution is 6.04. The number of anilines is 2. The number of pyridine rings is 1. The maximum absolute atomic E-state index is 13.4. The van der Waals surface area contributed by atoms with Crippen LogP contribution in [0.2, 0.25) is 0 Å². The Bertz CT molecular complexity index is 1210. The lowest BCUT2D eigenvalue weighted by Gasteiger charge is -2.32. The largest absolute Gasteiger partial charge is 0.369 e. The predicted molar refractivity (Wildman–Crippen MR) is 126 cm³/mol. The van der Waals surface area contributed by atoms with Crippen LogP contribution >= 0.6 is 0 Å². The lowest BCUT2D eigenvalue weighted by molar-refractivity contribution is -0.122. The second kappa shape index (κ2) is 9.24. The minimum atomic E-state index is -0.312. The number of carbonyl (C=O) groups is 2. The van der Waals surface area contributed by atoms with Gasteiger partial charge in [0.1, 0.15) is 11.6 Å². The number of amides is 2. The number of halogens is 1. The Morgan fingerprint density at radius 3 is 2.59 bits per heavy atom. The minimum Gasteiger partial charge on any atom is -0.369 e. The lowest BCUT2D eigenvalue weighted by Crippen LogP contribution is -2.41. The fourth-order valence-corrected chi connectivity index (χ4v) is 4.83. The smallest absolute Gasteiger partial charge is 0.276 e. The number of fused-ring (bicyclic) bond motifs is 1. The van der Waals surface area contributed by atoms with E-state index in [1.807, 2.05) is 11.0 Å². The Balaban J connectivity index is 1.34. The summed E-state index contributed by atoms with van der Waals surface area (Å²) in [6.45, 7) is 1.37. The first-order valence-electron chi connectivity index (χ1n) is 11.7. The van der Waals surface area contributed by atoms with Crippen molar-refractivity contribution in [3.63, 3.8) is 0 Å². The van der Waals surface area contributed by atoms with Gasteiger partial charge in [0.05, 0.1) is 23.5 Å². The Kier molecular flexibility index (Phi) is 6.00. The van der Waals surface area contributed by atoms with Crippen LogP contribution in [0.1, 0.15) is 47.4 Å². The number of nitrogens with one attached hydrogen (secondary N) is 1. The van der Waals surface area contributed by atoms with Crippen molar-refractivity contribution in [2.24, 2.45) is 11.7 Å². The van der Waals surface area contributed by atoms with Crippen molar-refractivity contribution in [3.8, 4) is 5.69 Å². The zero-order chi connectivity index (χ0) is 23.7. The van der Waals surface area contributed by atoms with Gasteiger partial charge in [0, 0.05) is 24.3 Å². The number of carbonyl (C=O) groups excluding carboxylic acids is 2. The van der Waals surface area contributed by atoms with E-state index < -0.39 is 0 Å². The average molecular weight is 463 g/mol. The topological polar surface area (TPSA) is 106 Å². The standard InChI is InChI=1S/C25H27FN6O2/c26-17-7-10-19(11-8-17)32-21-6-2-1-5-20(21)23(30-32)25(34)29-18-9-12-22(28-14-18)31-13-3-4-16(15-31)24(27)33/h7-12,14,16H,1-6,13,15H2,(H2,27,33)(H,29,34). The molecule has 8 nitrogen and oxygen atoms in total. The molecule has 5 rings (SSSR count). The number of benzene rings is 1. The van der Waals surface area contributed by atoms with E-state index in [1.54, 1.807) is 29.1 Å². The van der Waals surface area contributed by atoms with E-state index >= 15 is 0 Å². The molecule has 176 valence electrons. The number of rotatable bonds is 5. The van der Waals surface area contributed by atoms with Gasteiger partial charge in [-0.05, 0) is 74.9 Å². The number of primary amides is 1. The summed E-state index contributed by atoms with van der Waals surface area (Å²) in [6, 6.07) is 9.78. The SMILES string of the molecule is NC(=O)C1CCCN(c2ccc(NC(=O)c3nn(-c4ccc(F)cc4)c4c3CCCC4)cn2)C1. The molecule has 1 aliphatic heterocycles. The summed E-state index contributed by atoms with van der Waals surface area (Å²) in [5.74, 6) is -0.301. The van der Waals surface area contributed by atoms with Crippen LogP contribution < -0.4 is 16.0 Å². The van der Waals surface area contributed by atoms with Crippen molar-refractivity contribution in [1.29, 1.82) is 0 Å². The van der Waals surface area contributed by atoms with Gasteiger partial charge in [-0.25, -0.2) is 14.1 Å². The zero-order valence-electron chi connectivity index (χ0n) is 18.8. The van der Waals surface area contributed by atoms with E-state index in [1.165, 1.54) is 12.1 Å². The summed E-state index contributed by atoms with van der Waals surface area (Å²) in [7, 11) is 0. The maximum Gasteiger partial charge on any atom is 0.276 e. The van der Waals surface area contributed by atoms with Gasteiger partial charge in [0.2, 0.25) is 5.91 Å². The number of hydrogen-bond donors (Lipinski definition) is 2. The van der Waals surface area contributed by atoms with Gasteiger partial charge >= 0.3 is 0 Å². The monoisotopic (exact) mass is 462 g/mol. The molecule has 3 N–H and O–H groups in total. The van der Waals surface area contributed by atoms with Crippen LogP contribution in [0.3, 0.4) is 0 Å². The van der Waals surface area contributed by atoms with E-state index in [0.717, 1.165) is 67.8 Å². The highest BCUT2D eigenvalue weighted by atomic mass is 19.1. The molecule has 0 radical (unpaired) electrons. The summed E-state index contributed by atoms with van der Waals surface area (Å²) in [4.78, 5) is 31.2. The molecule has 2 aliphatic rings. The molecule has 1 atom stereocenters. The number of hydrogen-bond acceptors (Lipinski definition) is 5. The van der Waals surface area contributed by atoms with Crippen LogP contribution in [0.4, 0.5) is 15.9 Å². The average Bonchev–Trinajstić information content (AvgIpc) is 3.25. The summed E-state index contributed by atoms with van der Waals surface area (Å²) in [5, 5.41) is 7.52. The third-order valence-electron chi connectivity index (χ3n) is 6.62. The van der Waals surface area contributed by atoms with Crippen molar-refractivity contribution < 1.29 is 14.0 Å². The number of nitrogens with two attached hydrogens (primary N) is 1. The van der Waals surface area contributed by atoms with Gasteiger partial charge in [0.15, 0.2) is 5.69 Å². The fraction of sp³-hybridized carbons (Fsp3) is 0.360. The molecule has 0 saturated carbocycles. The number of aromatic nitrogens is 3. The molecular formula is C25H27FN6O2. The second-order valence-electron chi connectivity index (χ2n) is 8.92. The van der Waals surface area contributed by atoms with E-state index in [2.05, 4.69) is 15.4 Å². The Labute approximate surface area is 197 Å². The first-order chi connectivity index (χ1) is 16.5. The predicted octanol–water partition coefficient (Wildman–Crippen LogP) is 3.24. The molecule has 2 aromatic heterocycles. The highest BCUT2D eigenvalue weighted by Crippen LogP contribution is 2.28. The fourth-order valence-electron chi connectivity index (χ4n) is 4.83. The molecule has 0 spiro atoms. The Morgan fingerprint density at radius 1 is 1.06 bits per heavy atom. The van der Waals surface area contributed by atoms with Gasteiger partial charge in [-0.1, -0.05) is 0 Å². The van der Waals surface area contributed by atoms with Gasteiger partial charge in [-0.15, -0.1) is 0 Å². The van der Waals surface area contributed by atoms with E-state index in [-0.39, 0.29) is 23.5 Å². The summed E-state index contributed by atoms with van der Waals surface area (Å²) >= 11 is 0. The molecule has 1 fully saturated rings. The Morgan fingerprint density at radius 2 is 1.85 bits per heavy atom. The molecule has 2 amide bonds. The third kappa shape index (κ3) is 4.37. The van der Waals surface area contributed by atoms with Crippen molar-refractivity contribution in [2.45, 2.75) is 38.5 Å². The van der Waals surface area contributed by atoms with Crippen LogP contribution in [-0.4, -0.2) is 39.7 Å². The number of piperidine rings is 1. The molecule has 1 aliphatic carbocycles. The van der Waals surface area contributed by atoms with Crippen LogP contribution in [0.5, 0.6) is 0 Å².